The number of benzene rings is 3. The molecule has 0 aromatic heterocycles. The summed E-state index contributed by atoms with van der Waals surface area (Å²) in [4.78, 5) is 0. The van der Waals surface area contributed by atoms with Crippen LogP contribution in [-0.2, 0) is 0 Å². The molecule has 0 saturated carbocycles. The molecule has 2 N–H and O–H groups in total. The third-order valence-corrected chi connectivity index (χ3v) is 2.87. The molecule has 0 amide bonds. The number of anilines is 1. The fraction of sp³-hybridized carbons (Fsp3) is 0. The molecule has 0 unspecified atom stereocenters. The predicted octanol–water partition coefficient (Wildman–Crippen LogP) is 4.35. The first-order chi connectivity index (χ1) is 9.22. The topological polar surface area (TPSA) is 35.2 Å². The van der Waals surface area contributed by atoms with Crippen molar-refractivity contribution in [1.29, 1.82) is 0 Å². The maximum absolute atomic E-state index is 13.3. The maximum Gasteiger partial charge on any atom is 0.135 e. The summed E-state index contributed by atoms with van der Waals surface area (Å²) in [6.45, 7) is 0. The van der Waals surface area contributed by atoms with E-state index in [1.165, 1.54) is 12.1 Å². The summed E-state index contributed by atoms with van der Waals surface area (Å²) in [5, 5.41) is 2.05. The van der Waals surface area contributed by atoms with Gasteiger partial charge in [0.15, 0.2) is 0 Å². The molecule has 0 heterocycles. The molecule has 3 aromatic carbocycles. The minimum absolute atomic E-state index is 0.343. The van der Waals surface area contributed by atoms with Gasteiger partial charge in [0.2, 0.25) is 0 Å². The van der Waals surface area contributed by atoms with Gasteiger partial charge in [-0.2, -0.15) is 0 Å². The van der Waals surface area contributed by atoms with E-state index in [2.05, 4.69) is 0 Å². The number of hydrogen-bond acceptors (Lipinski definition) is 2. The van der Waals surface area contributed by atoms with Crippen LogP contribution in [0.15, 0.2) is 60.7 Å². The number of hydrogen-bond donors (Lipinski definition) is 1. The Balaban J connectivity index is 2.05. The molecule has 0 atom stereocenters. The summed E-state index contributed by atoms with van der Waals surface area (Å²) in [7, 11) is 0. The third-order valence-electron chi connectivity index (χ3n) is 2.87. The highest BCUT2D eigenvalue weighted by atomic mass is 19.1. The molecule has 3 rings (SSSR count). The Labute approximate surface area is 110 Å². The highest BCUT2D eigenvalue weighted by Crippen LogP contribution is 2.30. The van der Waals surface area contributed by atoms with Crippen LogP contribution >= 0.6 is 0 Å². The van der Waals surface area contributed by atoms with E-state index in [0.29, 0.717) is 17.2 Å². The summed E-state index contributed by atoms with van der Waals surface area (Å²) in [6.07, 6.45) is 0. The van der Waals surface area contributed by atoms with Crippen molar-refractivity contribution in [2.45, 2.75) is 0 Å². The molecule has 3 aromatic rings. The van der Waals surface area contributed by atoms with Crippen LogP contribution in [0.3, 0.4) is 0 Å². The fourth-order valence-electron chi connectivity index (χ4n) is 2.05. The highest BCUT2D eigenvalue weighted by Gasteiger charge is 2.04. The first-order valence-electron chi connectivity index (χ1n) is 5.94. The van der Waals surface area contributed by atoms with E-state index in [-0.39, 0.29) is 0 Å². The van der Waals surface area contributed by atoms with Crippen molar-refractivity contribution in [3.05, 3.63) is 66.5 Å². The molecule has 0 aliphatic heterocycles. The minimum atomic E-state index is -0.407. The molecule has 0 fully saturated rings. The third kappa shape index (κ3) is 2.36. The molecule has 19 heavy (non-hydrogen) atoms. The van der Waals surface area contributed by atoms with Gasteiger partial charge in [0.05, 0.1) is 0 Å². The largest absolute Gasteiger partial charge is 0.457 e. The molecule has 0 bridgehead atoms. The molecular formula is C16H12FNO. The van der Waals surface area contributed by atoms with Gasteiger partial charge >= 0.3 is 0 Å². The Kier molecular flexibility index (Phi) is 2.80. The second kappa shape index (κ2) is 4.61. The van der Waals surface area contributed by atoms with Crippen LogP contribution in [0.4, 0.5) is 10.1 Å². The molecule has 0 aliphatic rings. The van der Waals surface area contributed by atoms with Gasteiger partial charge in [-0.15, -0.1) is 0 Å². The number of nitrogens with two attached hydrogens (primary N) is 1. The van der Waals surface area contributed by atoms with E-state index < -0.39 is 5.82 Å². The van der Waals surface area contributed by atoms with Gasteiger partial charge in [-0.1, -0.05) is 36.4 Å². The fourth-order valence-corrected chi connectivity index (χ4v) is 2.05. The Bertz CT molecular complexity index is 714. The van der Waals surface area contributed by atoms with Gasteiger partial charge in [0.25, 0.3) is 0 Å². The lowest BCUT2D eigenvalue weighted by molar-refractivity contribution is 0.482. The lowest BCUT2D eigenvalue weighted by Gasteiger charge is -2.09. The quantitative estimate of drug-likeness (QED) is 0.689. The zero-order valence-corrected chi connectivity index (χ0v) is 10.1. The zero-order chi connectivity index (χ0) is 13.2. The van der Waals surface area contributed by atoms with E-state index in [0.717, 1.165) is 10.8 Å². The normalized spacial score (nSPS) is 10.6. The van der Waals surface area contributed by atoms with Crippen molar-refractivity contribution >= 4 is 16.5 Å². The van der Waals surface area contributed by atoms with Gasteiger partial charge in [-0.25, -0.2) is 4.39 Å². The lowest BCUT2D eigenvalue weighted by atomic mass is 10.1. The standard InChI is InChI=1S/C16H12FNO/c17-12-8-13(18)10-14(9-12)19-16-7-3-5-11-4-1-2-6-15(11)16/h1-10H,18H2. The van der Waals surface area contributed by atoms with Gasteiger partial charge in [-0.3, -0.25) is 0 Å². The second-order valence-corrected chi connectivity index (χ2v) is 4.30. The monoisotopic (exact) mass is 253 g/mol. The minimum Gasteiger partial charge on any atom is -0.457 e. The number of halogens is 1. The van der Waals surface area contributed by atoms with E-state index in [1.54, 1.807) is 6.07 Å². The van der Waals surface area contributed by atoms with Crippen molar-refractivity contribution < 1.29 is 9.13 Å². The number of fused-ring (bicyclic) bond motifs is 1. The summed E-state index contributed by atoms with van der Waals surface area (Å²) in [5.74, 6) is 0.673. The molecule has 0 aliphatic carbocycles. The van der Waals surface area contributed by atoms with Crippen LogP contribution in [-0.4, -0.2) is 0 Å². The van der Waals surface area contributed by atoms with Crippen molar-refractivity contribution in [2.24, 2.45) is 0 Å². The Hall–Kier alpha value is -2.55. The van der Waals surface area contributed by atoms with Crippen molar-refractivity contribution in [2.75, 3.05) is 5.73 Å². The van der Waals surface area contributed by atoms with Crippen molar-refractivity contribution in [1.82, 2.24) is 0 Å². The summed E-state index contributed by atoms with van der Waals surface area (Å²) < 4.78 is 19.0. The number of nitrogen functional groups attached to an aromatic ring is 1. The SMILES string of the molecule is Nc1cc(F)cc(Oc2cccc3ccccc23)c1. The molecule has 2 nitrogen and oxygen atoms in total. The van der Waals surface area contributed by atoms with Crippen molar-refractivity contribution in [3.63, 3.8) is 0 Å². The predicted molar refractivity (Wildman–Crippen MR) is 74.8 cm³/mol. The Morgan fingerprint density at radius 3 is 2.53 bits per heavy atom. The van der Waals surface area contributed by atoms with Gasteiger partial charge < -0.3 is 10.5 Å². The van der Waals surface area contributed by atoms with Crippen LogP contribution in [0.25, 0.3) is 10.8 Å². The lowest BCUT2D eigenvalue weighted by Crippen LogP contribution is -1.90. The van der Waals surface area contributed by atoms with Crippen LogP contribution in [0, 0.1) is 5.82 Å². The highest BCUT2D eigenvalue weighted by molar-refractivity contribution is 5.88. The second-order valence-electron chi connectivity index (χ2n) is 4.30. The van der Waals surface area contributed by atoms with E-state index in [9.17, 15) is 4.39 Å². The molecule has 3 heteroatoms. The van der Waals surface area contributed by atoms with E-state index in [4.69, 9.17) is 10.5 Å². The van der Waals surface area contributed by atoms with Gasteiger partial charge in [0.1, 0.15) is 17.3 Å². The Morgan fingerprint density at radius 2 is 1.68 bits per heavy atom. The summed E-state index contributed by atoms with van der Waals surface area (Å²) in [6, 6.07) is 17.8. The smallest absolute Gasteiger partial charge is 0.135 e. The summed E-state index contributed by atoms with van der Waals surface area (Å²) >= 11 is 0. The number of ether oxygens (including phenoxy) is 1. The van der Waals surface area contributed by atoms with Crippen LogP contribution in [0.1, 0.15) is 0 Å². The average Bonchev–Trinajstić information content (AvgIpc) is 2.38. The van der Waals surface area contributed by atoms with Gasteiger partial charge in [0, 0.05) is 23.2 Å². The van der Waals surface area contributed by atoms with Gasteiger partial charge in [-0.05, 0) is 17.5 Å². The molecule has 0 radical (unpaired) electrons. The van der Waals surface area contributed by atoms with Crippen molar-refractivity contribution in [3.8, 4) is 11.5 Å². The van der Waals surface area contributed by atoms with Crippen LogP contribution < -0.4 is 10.5 Å². The number of rotatable bonds is 2. The van der Waals surface area contributed by atoms with E-state index >= 15 is 0 Å². The Morgan fingerprint density at radius 1 is 0.895 bits per heavy atom. The molecule has 94 valence electrons. The van der Waals surface area contributed by atoms with E-state index in [1.807, 2.05) is 42.5 Å². The van der Waals surface area contributed by atoms with Crippen LogP contribution in [0.2, 0.25) is 0 Å². The molecule has 0 saturated heterocycles. The molecular weight excluding hydrogens is 241 g/mol. The maximum atomic E-state index is 13.3. The zero-order valence-electron chi connectivity index (χ0n) is 10.1. The average molecular weight is 253 g/mol. The summed E-state index contributed by atoms with van der Waals surface area (Å²) in [5.41, 5.74) is 5.95. The first kappa shape index (κ1) is 11.5. The first-order valence-corrected chi connectivity index (χ1v) is 5.94. The molecule has 0 spiro atoms. The van der Waals surface area contributed by atoms with Crippen LogP contribution in [0.5, 0.6) is 11.5 Å².